The molecule has 1 saturated heterocycles. The molecule has 0 aromatic heterocycles. The Morgan fingerprint density at radius 1 is 1.10 bits per heavy atom. The molecule has 0 aliphatic carbocycles. The third-order valence-electron chi connectivity index (χ3n) is 4.06. The van der Waals surface area contributed by atoms with Gasteiger partial charge in [-0.2, -0.15) is 0 Å². The lowest BCUT2D eigenvalue weighted by atomic mass is 9.97. The molecule has 20 heavy (non-hydrogen) atoms. The van der Waals surface area contributed by atoms with Gasteiger partial charge in [-0.3, -0.25) is 9.69 Å². The largest absolute Gasteiger partial charge is 0.383 e. The lowest BCUT2D eigenvalue weighted by Crippen LogP contribution is -2.51. The molecule has 0 N–H and O–H groups in total. The highest BCUT2D eigenvalue weighted by Crippen LogP contribution is 2.22. The van der Waals surface area contributed by atoms with Crippen LogP contribution in [0.25, 0.3) is 0 Å². The fraction of sp³-hybridized carbons (Fsp3) is 0.933. The van der Waals surface area contributed by atoms with Crippen molar-refractivity contribution in [2.75, 3.05) is 47.1 Å². The van der Waals surface area contributed by atoms with Crippen LogP contribution in [-0.2, 0) is 14.3 Å². The minimum Gasteiger partial charge on any atom is -0.383 e. The molecule has 0 radical (unpaired) electrons. The summed E-state index contributed by atoms with van der Waals surface area (Å²) in [5.74, 6) is 0.233. The molecule has 2 atom stereocenters. The van der Waals surface area contributed by atoms with Crippen LogP contribution in [0, 0.1) is 0 Å². The zero-order valence-electron chi connectivity index (χ0n) is 13.4. The fourth-order valence-electron chi connectivity index (χ4n) is 2.90. The Balaban J connectivity index is 2.53. The molecule has 5 heteroatoms. The summed E-state index contributed by atoms with van der Waals surface area (Å²) in [7, 11) is 3.37. The van der Waals surface area contributed by atoms with Crippen LogP contribution in [0.3, 0.4) is 0 Å². The minimum atomic E-state index is 0.233. The average Bonchev–Trinajstić information content (AvgIpc) is 2.41. The molecule has 1 aliphatic rings. The highest BCUT2D eigenvalue weighted by Gasteiger charge is 2.29. The zero-order valence-corrected chi connectivity index (χ0v) is 13.4. The van der Waals surface area contributed by atoms with Crippen LogP contribution < -0.4 is 0 Å². The molecule has 1 fully saturated rings. The van der Waals surface area contributed by atoms with Gasteiger partial charge in [-0.05, 0) is 33.1 Å². The lowest BCUT2D eigenvalue weighted by molar-refractivity contribution is -0.138. The number of carbonyl (C=O) groups is 1. The van der Waals surface area contributed by atoms with Gasteiger partial charge >= 0.3 is 0 Å². The normalized spacial score (nSPS) is 23.4. The first-order chi connectivity index (χ1) is 9.60. The molecular formula is C15H30N2O3. The molecule has 0 bridgehead atoms. The van der Waals surface area contributed by atoms with Crippen LogP contribution in [0.1, 0.15) is 33.1 Å². The SMILES string of the molecule is COCCN(CCOC)CC(=O)N1[C@H](C)CCC[C@H]1C. The number of methoxy groups -OCH3 is 2. The van der Waals surface area contributed by atoms with Gasteiger partial charge in [0.15, 0.2) is 0 Å². The Bertz CT molecular complexity index is 268. The second kappa shape index (κ2) is 9.32. The van der Waals surface area contributed by atoms with Crippen molar-refractivity contribution in [1.82, 2.24) is 9.80 Å². The van der Waals surface area contributed by atoms with E-state index >= 15 is 0 Å². The second-order valence-electron chi connectivity index (χ2n) is 5.69. The summed E-state index contributed by atoms with van der Waals surface area (Å²) in [5.41, 5.74) is 0. The van der Waals surface area contributed by atoms with Gasteiger partial charge < -0.3 is 14.4 Å². The van der Waals surface area contributed by atoms with Crippen molar-refractivity contribution in [2.45, 2.75) is 45.2 Å². The first-order valence-corrected chi connectivity index (χ1v) is 7.61. The Morgan fingerprint density at radius 3 is 2.05 bits per heavy atom. The number of nitrogens with zero attached hydrogens (tertiary/aromatic N) is 2. The predicted octanol–water partition coefficient (Wildman–Crippen LogP) is 1.37. The molecule has 0 aromatic carbocycles. The summed E-state index contributed by atoms with van der Waals surface area (Å²) in [4.78, 5) is 16.7. The van der Waals surface area contributed by atoms with E-state index in [1.807, 2.05) is 0 Å². The van der Waals surface area contributed by atoms with Crippen LogP contribution >= 0.6 is 0 Å². The standard InChI is InChI=1S/C15H30N2O3/c1-13-6-5-7-14(2)17(13)15(18)12-16(8-10-19-3)9-11-20-4/h13-14H,5-12H2,1-4H3/t13-,14-/m1/s1. The van der Waals surface area contributed by atoms with E-state index in [0.717, 1.165) is 25.9 Å². The summed E-state index contributed by atoms with van der Waals surface area (Å²) < 4.78 is 10.2. The van der Waals surface area contributed by atoms with E-state index in [-0.39, 0.29) is 5.91 Å². The van der Waals surface area contributed by atoms with Gasteiger partial charge in [-0.1, -0.05) is 0 Å². The van der Waals surface area contributed by atoms with Crippen molar-refractivity contribution in [1.29, 1.82) is 0 Å². The quantitative estimate of drug-likeness (QED) is 0.676. The van der Waals surface area contributed by atoms with Crippen LogP contribution in [0.2, 0.25) is 0 Å². The van der Waals surface area contributed by atoms with Crippen molar-refractivity contribution >= 4 is 5.91 Å². The molecule has 1 amide bonds. The van der Waals surface area contributed by atoms with E-state index in [1.165, 1.54) is 6.42 Å². The molecular weight excluding hydrogens is 256 g/mol. The number of likely N-dealkylation sites (tertiary alicyclic amines) is 1. The van der Waals surface area contributed by atoms with Crippen molar-refractivity contribution in [3.63, 3.8) is 0 Å². The van der Waals surface area contributed by atoms with E-state index in [9.17, 15) is 4.79 Å². The average molecular weight is 286 g/mol. The van der Waals surface area contributed by atoms with Gasteiger partial charge in [0.05, 0.1) is 19.8 Å². The number of piperidine rings is 1. The first kappa shape index (κ1) is 17.4. The van der Waals surface area contributed by atoms with Gasteiger partial charge in [0.25, 0.3) is 0 Å². The van der Waals surface area contributed by atoms with Crippen LogP contribution in [0.15, 0.2) is 0 Å². The molecule has 0 aromatic rings. The summed E-state index contributed by atoms with van der Waals surface area (Å²) in [6.07, 6.45) is 3.46. The highest BCUT2D eigenvalue weighted by atomic mass is 16.5. The third-order valence-corrected chi connectivity index (χ3v) is 4.06. The Kier molecular flexibility index (Phi) is 8.11. The molecule has 0 unspecified atom stereocenters. The molecule has 1 aliphatic heterocycles. The van der Waals surface area contributed by atoms with Crippen molar-refractivity contribution < 1.29 is 14.3 Å². The fourth-order valence-corrected chi connectivity index (χ4v) is 2.90. The minimum absolute atomic E-state index is 0.233. The summed E-state index contributed by atoms with van der Waals surface area (Å²) in [5, 5.41) is 0. The second-order valence-corrected chi connectivity index (χ2v) is 5.69. The Hall–Kier alpha value is -0.650. The Morgan fingerprint density at radius 2 is 1.60 bits per heavy atom. The topological polar surface area (TPSA) is 42.0 Å². The number of hydrogen-bond acceptors (Lipinski definition) is 4. The van der Waals surface area contributed by atoms with Crippen molar-refractivity contribution in [3.05, 3.63) is 0 Å². The van der Waals surface area contributed by atoms with Gasteiger partial charge in [-0.25, -0.2) is 0 Å². The van der Waals surface area contributed by atoms with Crippen LogP contribution in [0.4, 0.5) is 0 Å². The van der Waals surface area contributed by atoms with Crippen molar-refractivity contribution in [3.8, 4) is 0 Å². The molecule has 5 nitrogen and oxygen atoms in total. The number of ether oxygens (including phenoxy) is 2. The number of carbonyl (C=O) groups excluding carboxylic acids is 1. The van der Waals surface area contributed by atoms with Crippen molar-refractivity contribution in [2.24, 2.45) is 0 Å². The van der Waals surface area contributed by atoms with Crippen LogP contribution in [-0.4, -0.2) is 74.9 Å². The van der Waals surface area contributed by atoms with E-state index in [1.54, 1.807) is 14.2 Å². The van der Waals surface area contributed by atoms with Gasteiger partial charge in [0.1, 0.15) is 0 Å². The number of amides is 1. The molecule has 0 spiro atoms. The van der Waals surface area contributed by atoms with Gasteiger partial charge in [-0.15, -0.1) is 0 Å². The zero-order chi connectivity index (χ0) is 15.0. The monoisotopic (exact) mass is 286 g/mol. The lowest BCUT2D eigenvalue weighted by Gasteiger charge is -2.40. The molecule has 0 saturated carbocycles. The maximum absolute atomic E-state index is 12.6. The number of hydrogen-bond donors (Lipinski definition) is 0. The molecule has 118 valence electrons. The number of rotatable bonds is 8. The maximum atomic E-state index is 12.6. The molecule has 1 rings (SSSR count). The Labute approximate surface area is 123 Å². The van der Waals surface area contributed by atoms with E-state index < -0.39 is 0 Å². The van der Waals surface area contributed by atoms with E-state index in [2.05, 4.69) is 23.6 Å². The van der Waals surface area contributed by atoms with E-state index in [4.69, 9.17) is 9.47 Å². The maximum Gasteiger partial charge on any atom is 0.237 e. The smallest absolute Gasteiger partial charge is 0.237 e. The summed E-state index contributed by atoms with van der Waals surface area (Å²) in [6, 6.07) is 0.718. The predicted molar refractivity (Wildman–Crippen MR) is 79.8 cm³/mol. The summed E-state index contributed by atoms with van der Waals surface area (Å²) in [6.45, 7) is 7.58. The highest BCUT2D eigenvalue weighted by molar-refractivity contribution is 5.79. The first-order valence-electron chi connectivity index (χ1n) is 7.61. The van der Waals surface area contributed by atoms with Crippen LogP contribution in [0.5, 0.6) is 0 Å². The van der Waals surface area contributed by atoms with E-state index in [0.29, 0.717) is 31.8 Å². The van der Waals surface area contributed by atoms with Gasteiger partial charge in [0, 0.05) is 39.4 Å². The molecule has 1 heterocycles. The van der Waals surface area contributed by atoms with Gasteiger partial charge in [0.2, 0.25) is 5.91 Å². The summed E-state index contributed by atoms with van der Waals surface area (Å²) >= 11 is 0. The third kappa shape index (κ3) is 5.38.